The molecule has 1 fully saturated rings. The van der Waals surface area contributed by atoms with Gasteiger partial charge in [0.25, 0.3) is 0 Å². The van der Waals surface area contributed by atoms with Crippen LogP contribution < -0.4 is 5.14 Å². The van der Waals surface area contributed by atoms with E-state index >= 15 is 0 Å². The van der Waals surface area contributed by atoms with Crippen molar-refractivity contribution < 1.29 is 17.7 Å². The first-order valence-electron chi connectivity index (χ1n) is 3.37. The summed E-state index contributed by atoms with van der Waals surface area (Å²) in [5.41, 5.74) is 0. The minimum absolute atomic E-state index is 0.337. The Hall–Kier alpha value is -0.170. The fourth-order valence-corrected chi connectivity index (χ4v) is 1.83. The van der Waals surface area contributed by atoms with Crippen LogP contribution in [0.25, 0.3) is 0 Å². The highest BCUT2D eigenvalue weighted by Gasteiger charge is 2.35. The molecule has 6 heteroatoms. The van der Waals surface area contributed by atoms with Gasteiger partial charge in [-0.25, -0.2) is 9.32 Å². The second-order valence-electron chi connectivity index (χ2n) is 2.73. The maximum absolute atomic E-state index is 10.4. The summed E-state index contributed by atoms with van der Waals surface area (Å²) in [5, 5.41) is 13.9. The third kappa shape index (κ3) is 2.74. The van der Waals surface area contributed by atoms with Crippen molar-refractivity contribution in [3.05, 3.63) is 0 Å². The zero-order chi connectivity index (χ0) is 8.54. The summed E-state index contributed by atoms with van der Waals surface area (Å²) < 4.78 is 25.1. The highest BCUT2D eigenvalue weighted by Crippen LogP contribution is 2.31. The van der Waals surface area contributed by atoms with Crippen LogP contribution >= 0.6 is 0 Å². The van der Waals surface area contributed by atoms with Crippen LogP contribution in [0.15, 0.2) is 0 Å². The Labute approximate surface area is 65.4 Å². The maximum atomic E-state index is 10.4. The molecule has 0 amide bonds. The number of aliphatic hydroxyl groups is 1. The molecule has 0 saturated heterocycles. The van der Waals surface area contributed by atoms with Crippen LogP contribution in [0.5, 0.6) is 0 Å². The maximum Gasteiger partial charge on any atom is 0.335 e. The molecule has 1 aliphatic carbocycles. The normalized spacial score (nSPS) is 23.8. The van der Waals surface area contributed by atoms with Gasteiger partial charge < -0.3 is 5.11 Å². The third-order valence-corrected chi connectivity index (χ3v) is 2.20. The first-order chi connectivity index (χ1) is 4.91. The van der Waals surface area contributed by atoms with Crippen molar-refractivity contribution in [3.63, 3.8) is 0 Å². The van der Waals surface area contributed by atoms with E-state index in [-0.39, 0.29) is 0 Å². The van der Waals surface area contributed by atoms with Gasteiger partial charge in [0.1, 0.15) is 0 Å². The molecule has 0 aromatic carbocycles. The lowest BCUT2D eigenvalue weighted by Crippen LogP contribution is -2.34. The average molecular weight is 181 g/mol. The van der Waals surface area contributed by atoms with Crippen molar-refractivity contribution in [2.24, 2.45) is 5.14 Å². The average Bonchev–Trinajstić information content (AvgIpc) is 2.09. The van der Waals surface area contributed by atoms with Gasteiger partial charge in [0.2, 0.25) is 0 Å². The Morgan fingerprint density at radius 1 is 1.36 bits per heavy atom. The molecule has 3 N–H and O–H groups in total. The Morgan fingerprint density at radius 2 is 1.82 bits per heavy atom. The molecule has 0 aromatic heterocycles. The molecule has 11 heavy (non-hydrogen) atoms. The summed E-state index contributed by atoms with van der Waals surface area (Å²) in [7, 11) is -4.02. The van der Waals surface area contributed by atoms with Crippen molar-refractivity contribution in [3.8, 4) is 0 Å². The molecule has 0 atom stereocenters. The van der Waals surface area contributed by atoms with E-state index in [2.05, 4.69) is 9.32 Å². The molecule has 0 radical (unpaired) electrons. The van der Waals surface area contributed by atoms with E-state index in [1.54, 1.807) is 0 Å². The van der Waals surface area contributed by atoms with Crippen LogP contribution in [-0.2, 0) is 14.5 Å². The molecule has 0 bridgehead atoms. The zero-order valence-electron chi connectivity index (χ0n) is 5.99. The van der Waals surface area contributed by atoms with E-state index in [9.17, 15) is 13.5 Å². The zero-order valence-corrected chi connectivity index (χ0v) is 6.80. The van der Waals surface area contributed by atoms with Gasteiger partial charge in [-0.3, -0.25) is 0 Å². The number of hydrogen-bond acceptors (Lipinski definition) is 4. The van der Waals surface area contributed by atoms with Crippen LogP contribution in [0.1, 0.15) is 25.7 Å². The second kappa shape index (κ2) is 2.71. The van der Waals surface area contributed by atoms with E-state index in [1.165, 1.54) is 0 Å². The van der Waals surface area contributed by atoms with Gasteiger partial charge in [-0.2, -0.15) is 8.42 Å². The van der Waals surface area contributed by atoms with Crippen LogP contribution in [0.4, 0.5) is 0 Å². The van der Waals surface area contributed by atoms with E-state index in [4.69, 9.17) is 0 Å². The number of hydrogen-bond donors (Lipinski definition) is 2. The molecule has 66 valence electrons. The largest absolute Gasteiger partial charge is 0.364 e. The summed E-state index contributed by atoms with van der Waals surface area (Å²) in [4.78, 5) is 0. The lowest BCUT2D eigenvalue weighted by molar-refractivity contribution is -0.125. The van der Waals surface area contributed by atoms with E-state index in [0.29, 0.717) is 12.8 Å². The molecule has 1 aliphatic rings. The highest BCUT2D eigenvalue weighted by molar-refractivity contribution is 7.84. The highest BCUT2D eigenvalue weighted by atomic mass is 32.2. The predicted molar refractivity (Wildman–Crippen MR) is 37.6 cm³/mol. The van der Waals surface area contributed by atoms with Gasteiger partial charge in [0, 0.05) is 12.8 Å². The quantitative estimate of drug-likeness (QED) is 0.560. The van der Waals surface area contributed by atoms with Crippen LogP contribution in [0.2, 0.25) is 0 Å². The fourth-order valence-electron chi connectivity index (χ4n) is 1.23. The second-order valence-corrected chi connectivity index (χ2v) is 3.88. The van der Waals surface area contributed by atoms with Crippen molar-refractivity contribution >= 4 is 10.3 Å². The van der Waals surface area contributed by atoms with Crippen molar-refractivity contribution in [2.75, 3.05) is 0 Å². The van der Waals surface area contributed by atoms with E-state index in [0.717, 1.165) is 12.8 Å². The molecular formula is C5H11NO4S. The molecule has 0 unspecified atom stereocenters. The number of rotatable bonds is 2. The minimum atomic E-state index is -4.02. The van der Waals surface area contributed by atoms with Gasteiger partial charge in [0.05, 0.1) is 0 Å². The van der Waals surface area contributed by atoms with Gasteiger partial charge in [0.15, 0.2) is 5.79 Å². The Kier molecular flexibility index (Phi) is 2.19. The van der Waals surface area contributed by atoms with E-state index < -0.39 is 16.1 Å². The fraction of sp³-hybridized carbons (Fsp3) is 1.00. The summed E-state index contributed by atoms with van der Waals surface area (Å²) in [5.74, 6) is -1.53. The van der Waals surface area contributed by atoms with Crippen LogP contribution in [0, 0.1) is 0 Å². The molecular weight excluding hydrogens is 170 g/mol. The smallest absolute Gasteiger partial charge is 0.335 e. The number of nitrogens with two attached hydrogens (primary N) is 1. The Bertz CT molecular complexity index is 229. The van der Waals surface area contributed by atoms with Gasteiger partial charge in [-0.1, -0.05) is 0 Å². The lowest BCUT2D eigenvalue weighted by atomic mass is 10.2. The van der Waals surface area contributed by atoms with Gasteiger partial charge in [-0.05, 0) is 12.8 Å². The molecule has 0 aliphatic heterocycles. The summed E-state index contributed by atoms with van der Waals surface area (Å²) in [6.45, 7) is 0. The van der Waals surface area contributed by atoms with Gasteiger partial charge in [-0.15, -0.1) is 0 Å². The molecule has 0 heterocycles. The monoisotopic (exact) mass is 181 g/mol. The lowest BCUT2D eigenvalue weighted by Gasteiger charge is -2.19. The summed E-state index contributed by atoms with van der Waals surface area (Å²) in [6.07, 6.45) is 2.21. The van der Waals surface area contributed by atoms with Gasteiger partial charge >= 0.3 is 10.3 Å². The van der Waals surface area contributed by atoms with Crippen molar-refractivity contribution in [1.82, 2.24) is 0 Å². The summed E-state index contributed by atoms with van der Waals surface area (Å²) >= 11 is 0. The van der Waals surface area contributed by atoms with Crippen molar-refractivity contribution in [2.45, 2.75) is 31.5 Å². The molecule has 1 rings (SSSR count). The first-order valence-corrected chi connectivity index (χ1v) is 4.84. The first kappa shape index (κ1) is 8.92. The molecule has 0 aromatic rings. The van der Waals surface area contributed by atoms with Crippen LogP contribution in [0.3, 0.4) is 0 Å². The Morgan fingerprint density at radius 3 is 2.18 bits per heavy atom. The summed E-state index contributed by atoms with van der Waals surface area (Å²) in [6, 6.07) is 0. The van der Waals surface area contributed by atoms with Crippen LogP contribution in [-0.4, -0.2) is 19.3 Å². The standard InChI is InChI=1S/C5H11NO4S/c6-11(8,9)10-5(7)3-1-2-4-5/h7H,1-4H2,(H2,6,8,9). The molecule has 0 spiro atoms. The molecule has 5 nitrogen and oxygen atoms in total. The third-order valence-electron chi connectivity index (χ3n) is 1.66. The van der Waals surface area contributed by atoms with Crippen molar-refractivity contribution in [1.29, 1.82) is 0 Å². The topological polar surface area (TPSA) is 89.6 Å². The minimum Gasteiger partial charge on any atom is -0.364 e. The molecule has 1 saturated carbocycles. The SMILES string of the molecule is NS(=O)(=O)OC1(O)CCCC1. The van der Waals surface area contributed by atoms with E-state index in [1.807, 2.05) is 0 Å². The Balaban J connectivity index is 2.60. The predicted octanol–water partition coefficient (Wildman–Crippen LogP) is -0.531.